The molecule has 4 unspecified atom stereocenters. The highest BCUT2D eigenvalue weighted by Crippen LogP contribution is 2.58. The fourth-order valence-corrected chi connectivity index (χ4v) is 6.10. The monoisotopic (exact) mass is 496 g/mol. The number of epoxide rings is 1. The number of Topliss-reactive ketones (excluding diaryl/α,β-unsaturated/α-hetero) is 1. The van der Waals surface area contributed by atoms with Crippen molar-refractivity contribution < 1.29 is 18.7 Å². The average molecular weight is 497 g/mol. The van der Waals surface area contributed by atoms with Crippen molar-refractivity contribution >= 4 is 22.8 Å². The number of benzene rings is 1. The van der Waals surface area contributed by atoms with Gasteiger partial charge < -0.3 is 14.5 Å². The molecule has 6 nitrogen and oxygen atoms in total. The summed E-state index contributed by atoms with van der Waals surface area (Å²) in [5.74, 6) is 1.38. The molecule has 1 aromatic carbocycles. The molecule has 1 amide bonds. The van der Waals surface area contributed by atoms with Gasteiger partial charge >= 0.3 is 0 Å². The summed E-state index contributed by atoms with van der Waals surface area (Å²) >= 11 is 0. The third kappa shape index (κ3) is 5.69. The molecule has 1 aromatic heterocycles. The molecule has 0 aliphatic carbocycles. The van der Waals surface area contributed by atoms with Gasteiger partial charge in [0.15, 0.2) is 11.5 Å². The number of oxazole rings is 1. The van der Waals surface area contributed by atoms with Gasteiger partial charge in [-0.05, 0) is 56.2 Å². The summed E-state index contributed by atoms with van der Waals surface area (Å²) < 4.78 is 12.3. The molecule has 4 rings (SSSR count). The second-order valence-electron chi connectivity index (χ2n) is 12.2. The summed E-state index contributed by atoms with van der Waals surface area (Å²) in [5, 5.41) is 3.32. The first-order valence-electron chi connectivity index (χ1n) is 13.9. The largest absolute Gasteiger partial charge is 0.441 e. The number of hydrogen-bond donors (Lipinski definition) is 1. The minimum atomic E-state index is -0.498. The zero-order chi connectivity index (χ0) is 26.1. The second kappa shape index (κ2) is 10.3. The van der Waals surface area contributed by atoms with E-state index in [2.05, 4.69) is 31.1 Å². The zero-order valence-corrected chi connectivity index (χ0v) is 23.0. The van der Waals surface area contributed by atoms with E-state index in [0.717, 1.165) is 61.6 Å². The Kier molecular flexibility index (Phi) is 7.66. The third-order valence-electron chi connectivity index (χ3n) is 8.73. The van der Waals surface area contributed by atoms with Crippen LogP contribution in [-0.2, 0) is 14.3 Å². The number of aryl methyl sites for hydroxylation is 1. The quantitative estimate of drug-likeness (QED) is 0.463. The van der Waals surface area contributed by atoms with Crippen molar-refractivity contribution in [2.45, 2.75) is 123 Å². The van der Waals surface area contributed by atoms with Gasteiger partial charge in [-0.15, -0.1) is 0 Å². The van der Waals surface area contributed by atoms with Crippen LogP contribution in [0.3, 0.4) is 0 Å². The van der Waals surface area contributed by atoms with E-state index in [1.165, 1.54) is 0 Å². The fourth-order valence-electron chi connectivity index (χ4n) is 6.10. The van der Waals surface area contributed by atoms with Crippen LogP contribution in [-0.4, -0.2) is 27.9 Å². The lowest BCUT2D eigenvalue weighted by Crippen LogP contribution is -2.36. The van der Waals surface area contributed by atoms with Crippen molar-refractivity contribution in [2.75, 3.05) is 0 Å². The predicted molar refractivity (Wildman–Crippen MR) is 142 cm³/mol. The number of rotatable bonds is 3. The molecule has 3 heterocycles. The van der Waals surface area contributed by atoms with E-state index >= 15 is 0 Å². The molecular weight excluding hydrogens is 452 g/mol. The number of fused-ring (bicyclic) bond motifs is 2. The smallest absolute Gasteiger partial charge is 0.220 e. The summed E-state index contributed by atoms with van der Waals surface area (Å²) in [6, 6.07) is 5.81. The molecule has 2 aromatic rings. The van der Waals surface area contributed by atoms with Gasteiger partial charge in [0.2, 0.25) is 5.91 Å². The second-order valence-corrected chi connectivity index (χ2v) is 12.2. The van der Waals surface area contributed by atoms with Crippen LogP contribution in [0.2, 0.25) is 0 Å². The third-order valence-corrected chi connectivity index (χ3v) is 8.73. The average Bonchev–Trinajstić information content (AvgIpc) is 3.17. The van der Waals surface area contributed by atoms with Crippen LogP contribution < -0.4 is 5.32 Å². The minimum absolute atomic E-state index is 0.0215. The standard InChI is InChI=1S/C30H44N2O4/c1-7-15-30-19-24(22-11-12-25-23(18-22)31-21(3)35-25)32-27(34)14-17-28(4,5)26(33)13-10-20(2)9-8-16-29(30,6)36-30/h11-12,18,20,24H,7-10,13-17,19H2,1-6H3,(H,32,34). The Morgan fingerprint density at radius 3 is 2.64 bits per heavy atom. The number of aromatic nitrogens is 1. The fraction of sp³-hybridized carbons (Fsp3) is 0.700. The maximum absolute atomic E-state index is 13.2. The summed E-state index contributed by atoms with van der Waals surface area (Å²) in [6.45, 7) is 12.5. The van der Waals surface area contributed by atoms with Gasteiger partial charge in [-0.2, -0.15) is 0 Å². The van der Waals surface area contributed by atoms with E-state index in [4.69, 9.17) is 9.15 Å². The van der Waals surface area contributed by atoms with Crippen molar-refractivity contribution in [1.82, 2.24) is 10.3 Å². The highest BCUT2D eigenvalue weighted by Gasteiger charge is 2.65. The molecular formula is C30H44N2O4. The van der Waals surface area contributed by atoms with Crippen LogP contribution in [0.4, 0.5) is 0 Å². The molecule has 2 saturated heterocycles. The molecule has 6 heteroatoms. The summed E-state index contributed by atoms with van der Waals surface area (Å²) in [5.41, 5.74) is 1.64. The van der Waals surface area contributed by atoms with Crippen molar-refractivity contribution in [3.63, 3.8) is 0 Å². The van der Waals surface area contributed by atoms with Crippen LogP contribution >= 0.6 is 0 Å². The SMILES string of the molecule is CCCC12CC(c3ccc4oc(C)nc4c3)NC(=O)CCC(C)(C)C(=O)CCC(C)CCCC1(C)O2. The van der Waals surface area contributed by atoms with E-state index in [1.807, 2.05) is 39.0 Å². The van der Waals surface area contributed by atoms with Crippen molar-refractivity contribution in [3.05, 3.63) is 29.7 Å². The van der Waals surface area contributed by atoms with Gasteiger partial charge in [0.25, 0.3) is 0 Å². The highest BCUT2D eigenvalue weighted by molar-refractivity contribution is 5.85. The van der Waals surface area contributed by atoms with Gasteiger partial charge in [-0.3, -0.25) is 9.59 Å². The van der Waals surface area contributed by atoms with E-state index in [0.29, 0.717) is 31.1 Å². The van der Waals surface area contributed by atoms with Gasteiger partial charge in [0.05, 0.1) is 17.2 Å². The first-order chi connectivity index (χ1) is 17.0. The Hall–Kier alpha value is -2.21. The molecule has 36 heavy (non-hydrogen) atoms. The number of ketones is 1. The van der Waals surface area contributed by atoms with Crippen LogP contribution in [0, 0.1) is 18.3 Å². The lowest BCUT2D eigenvalue weighted by molar-refractivity contribution is -0.128. The van der Waals surface area contributed by atoms with Crippen LogP contribution in [0.1, 0.15) is 116 Å². The molecule has 2 fully saturated rings. The molecule has 198 valence electrons. The Morgan fingerprint density at radius 2 is 1.89 bits per heavy atom. The number of hydrogen-bond acceptors (Lipinski definition) is 5. The zero-order valence-electron chi connectivity index (χ0n) is 23.0. The highest BCUT2D eigenvalue weighted by atomic mass is 16.6. The molecule has 0 bridgehead atoms. The maximum atomic E-state index is 13.2. The summed E-state index contributed by atoms with van der Waals surface area (Å²) in [4.78, 5) is 30.7. The Morgan fingerprint density at radius 1 is 1.11 bits per heavy atom. The van der Waals surface area contributed by atoms with Crippen LogP contribution in [0.25, 0.3) is 11.1 Å². The minimum Gasteiger partial charge on any atom is -0.441 e. The number of nitrogens with zero attached hydrogens (tertiary/aromatic N) is 1. The number of ether oxygens (including phenoxy) is 1. The molecule has 1 N–H and O–H groups in total. The first-order valence-corrected chi connectivity index (χ1v) is 13.9. The number of amides is 1. The number of carbonyl (C=O) groups excluding carboxylic acids is 2. The van der Waals surface area contributed by atoms with Crippen molar-refractivity contribution in [2.24, 2.45) is 11.3 Å². The normalized spacial score (nSPS) is 32.2. The first kappa shape index (κ1) is 26.8. The van der Waals surface area contributed by atoms with Crippen molar-refractivity contribution in [1.29, 1.82) is 0 Å². The Labute approximate surface area is 215 Å². The molecule has 4 atom stereocenters. The lowest BCUT2D eigenvalue weighted by Gasteiger charge is -2.27. The topological polar surface area (TPSA) is 84.7 Å². The maximum Gasteiger partial charge on any atom is 0.220 e. The molecule has 2 aliphatic heterocycles. The number of nitrogens with one attached hydrogen (secondary N) is 1. The number of carbonyl (C=O) groups is 2. The van der Waals surface area contributed by atoms with Gasteiger partial charge in [0, 0.05) is 31.6 Å². The predicted octanol–water partition coefficient (Wildman–Crippen LogP) is 6.99. The van der Waals surface area contributed by atoms with E-state index in [-0.39, 0.29) is 28.9 Å². The summed E-state index contributed by atoms with van der Waals surface area (Å²) in [7, 11) is 0. The molecule has 0 saturated carbocycles. The molecule has 0 spiro atoms. The van der Waals surface area contributed by atoms with E-state index in [1.54, 1.807) is 0 Å². The van der Waals surface area contributed by atoms with E-state index in [9.17, 15) is 9.59 Å². The molecule has 2 aliphatic rings. The molecule has 0 radical (unpaired) electrons. The lowest BCUT2D eigenvalue weighted by atomic mass is 9.78. The van der Waals surface area contributed by atoms with Crippen LogP contribution in [0.15, 0.2) is 22.6 Å². The van der Waals surface area contributed by atoms with E-state index < -0.39 is 5.41 Å². The van der Waals surface area contributed by atoms with Crippen LogP contribution in [0.5, 0.6) is 0 Å². The van der Waals surface area contributed by atoms with Crippen molar-refractivity contribution in [3.8, 4) is 0 Å². The van der Waals surface area contributed by atoms with Gasteiger partial charge in [-0.1, -0.05) is 53.0 Å². The van der Waals surface area contributed by atoms with Gasteiger partial charge in [0.1, 0.15) is 11.3 Å². The summed E-state index contributed by atoms with van der Waals surface area (Å²) in [6.07, 6.45) is 8.30. The Bertz CT molecular complexity index is 1110. The van der Waals surface area contributed by atoms with Gasteiger partial charge in [-0.25, -0.2) is 4.98 Å². The Balaban J connectivity index is 1.64.